The largest absolute Gasteiger partial charge is 0.478 e. The Kier molecular flexibility index (Phi) is 9.94. The molecule has 9 rings (SSSR count). The van der Waals surface area contributed by atoms with Crippen molar-refractivity contribution in [2.75, 3.05) is 0 Å². The van der Waals surface area contributed by atoms with Crippen molar-refractivity contribution in [1.29, 1.82) is 0 Å². The minimum Gasteiger partial charge on any atom is -0.478 e. The Hall–Kier alpha value is -8.62. The molecule has 0 aliphatic carbocycles. The van der Waals surface area contributed by atoms with E-state index in [-0.39, 0.29) is 22.3 Å². The molecule has 0 unspecified atom stereocenters. The third-order valence-corrected chi connectivity index (χ3v) is 11.3. The van der Waals surface area contributed by atoms with Gasteiger partial charge in [-0.25, -0.2) is 19.2 Å². The number of carboxylic acid groups (broad SMARTS) is 4. The van der Waals surface area contributed by atoms with Crippen LogP contribution in [0.5, 0.6) is 0 Å². The van der Waals surface area contributed by atoms with E-state index >= 15 is 0 Å². The number of carboxylic acids is 4. The zero-order chi connectivity index (χ0) is 43.1. The molecule has 62 heavy (non-hydrogen) atoms. The summed E-state index contributed by atoms with van der Waals surface area (Å²) < 4.78 is 0. The van der Waals surface area contributed by atoms with Crippen molar-refractivity contribution in [1.82, 2.24) is 0 Å². The van der Waals surface area contributed by atoms with Crippen LogP contribution in [0.4, 0.5) is 0 Å². The van der Waals surface area contributed by atoms with Gasteiger partial charge in [0.05, 0.1) is 22.3 Å². The maximum absolute atomic E-state index is 13.0. The average molecular weight is 811 g/mol. The molecule has 0 atom stereocenters. The van der Waals surface area contributed by atoms with Crippen LogP contribution < -0.4 is 0 Å². The monoisotopic (exact) mass is 810 g/mol. The summed E-state index contributed by atoms with van der Waals surface area (Å²) in [7, 11) is 0. The molecule has 0 heterocycles. The maximum atomic E-state index is 13.0. The Bertz CT molecular complexity index is 3010. The van der Waals surface area contributed by atoms with Crippen molar-refractivity contribution in [2.45, 2.75) is 0 Å². The quantitative estimate of drug-likeness (QED) is 0.0997. The Balaban J connectivity index is 1.23. The lowest BCUT2D eigenvalue weighted by Crippen LogP contribution is -2.03. The van der Waals surface area contributed by atoms with Gasteiger partial charge >= 0.3 is 23.9 Å². The molecule has 9 aromatic rings. The Morgan fingerprint density at radius 3 is 0.871 bits per heavy atom. The molecule has 0 bridgehead atoms. The van der Waals surface area contributed by atoms with Crippen molar-refractivity contribution in [3.8, 4) is 66.8 Å². The summed E-state index contributed by atoms with van der Waals surface area (Å²) in [5, 5.41) is 43.0. The first-order valence-electron chi connectivity index (χ1n) is 19.6. The molecule has 9 aromatic carbocycles. The number of carbonyl (C=O) groups is 4. The average Bonchev–Trinajstić information content (AvgIpc) is 3.30. The van der Waals surface area contributed by atoms with Crippen LogP contribution in [0.15, 0.2) is 182 Å². The smallest absolute Gasteiger partial charge is 0.336 e. The van der Waals surface area contributed by atoms with E-state index in [1.54, 1.807) is 72.8 Å². The molecular formula is C54H34O8. The van der Waals surface area contributed by atoms with Crippen LogP contribution in [0.25, 0.3) is 88.3 Å². The minimum absolute atomic E-state index is 0.0999. The predicted octanol–water partition coefficient (Wildman–Crippen LogP) is 12.8. The highest BCUT2D eigenvalue weighted by Gasteiger charge is 2.24. The topological polar surface area (TPSA) is 149 Å². The third kappa shape index (κ3) is 7.12. The summed E-state index contributed by atoms with van der Waals surface area (Å²) in [6.45, 7) is 0. The van der Waals surface area contributed by atoms with Gasteiger partial charge in [-0.3, -0.25) is 0 Å². The molecule has 0 aromatic heterocycles. The fraction of sp³-hybridized carbons (Fsp3) is 0. The molecule has 0 saturated carbocycles. The highest BCUT2D eigenvalue weighted by Crippen LogP contribution is 2.47. The van der Waals surface area contributed by atoms with E-state index in [0.717, 1.165) is 66.1 Å². The molecule has 8 heteroatoms. The zero-order valence-electron chi connectivity index (χ0n) is 32.7. The van der Waals surface area contributed by atoms with Gasteiger partial charge in [-0.15, -0.1) is 0 Å². The van der Waals surface area contributed by atoms with Gasteiger partial charge in [-0.1, -0.05) is 121 Å². The summed E-state index contributed by atoms with van der Waals surface area (Å²) in [5.74, 6) is -4.22. The molecule has 0 spiro atoms. The third-order valence-electron chi connectivity index (χ3n) is 11.3. The minimum atomic E-state index is -1.10. The van der Waals surface area contributed by atoms with Gasteiger partial charge in [-0.05, 0) is 149 Å². The lowest BCUT2D eigenvalue weighted by atomic mass is 9.82. The van der Waals surface area contributed by atoms with Crippen LogP contribution in [-0.2, 0) is 0 Å². The first kappa shape index (κ1) is 38.9. The first-order valence-corrected chi connectivity index (χ1v) is 19.6. The van der Waals surface area contributed by atoms with Crippen molar-refractivity contribution in [2.24, 2.45) is 0 Å². The number of fused-ring (bicyclic) bond motifs is 2. The highest BCUT2D eigenvalue weighted by molar-refractivity contribution is 6.24. The van der Waals surface area contributed by atoms with Gasteiger partial charge in [0, 0.05) is 0 Å². The molecule has 298 valence electrons. The van der Waals surface area contributed by atoms with Gasteiger partial charge in [-0.2, -0.15) is 0 Å². The predicted molar refractivity (Wildman–Crippen MR) is 242 cm³/mol. The van der Waals surface area contributed by atoms with E-state index < -0.39 is 23.9 Å². The molecule has 0 amide bonds. The van der Waals surface area contributed by atoms with Gasteiger partial charge in [0.15, 0.2) is 0 Å². The molecule has 8 nitrogen and oxygen atoms in total. The van der Waals surface area contributed by atoms with Crippen LogP contribution in [0.3, 0.4) is 0 Å². The van der Waals surface area contributed by atoms with E-state index in [9.17, 15) is 39.6 Å². The van der Waals surface area contributed by atoms with E-state index in [2.05, 4.69) is 0 Å². The fourth-order valence-electron chi connectivity index (χ4n) is 8.31. The molecule has 0 aliphatic heterocycles. The first-order chi connectivity index (χ1) is 30.0. The van der Waals surface area contributed by atoms with Crippen LogP contribution >= 0.6 is 0 Å². The molecule has 4 N–H and O–H groups in total. The Morgan fingerprint density at radius 2 is 0.565 bits per heavy atom. The van der Waals surface area contributed by atoms with Crippen molar-refractivity contribution >= 4 is 45.4 Å². The number of benzene rings is 9. The standard InChI is InChI=1S/C54H34O8/c55-51(56)33-19-15-31(16-20-33)35-7-5-9-37(27-35)39-23-25-45(53(59)60)47(29-39)49-41-11-1-2-12-42(41)50(44-14-4-3-13-43(44)49)48-30-40(24-26-46(48)54(61)62)38-10-6-8-36(28-38)32-17-21-34(22-18-32)52(57)58/h1-30H,(H,55,56)(H,57,58)(H,59,60)(H,61,62). The van der Waals surface area contributed by atoms with Crippen molar-refractivity contribution in [3.63, 3.8) is 0 Å². The fourth-order valence-corrected chi connectivity index (χ4v) is 8.31. The number of hydrogen-bond donors (Lipinski definition) is 4. The van der Waals surface area contributed by atoms with E-state index in [1.807, 2.05) is 109 Å². The number of aromatic carboxylic acids is 4. The summed E-state index contributed by atoms with van der Waals surface area (Å²) in [5.41, 5.74) is 9.52. The lowest BCUT2D eigenvalue weighted by molar-refractivity contribution is 0.0686. The zero-order valence-corrected chi connectivity index (χ0v) is 32.7. The molecular weight excluding hydrogens is 777 g/mol. The summed E-state index contributed by atoms with van der Waals surface area (Å²) in [6.07, 6.45) is 0. The van der Waals surface area contributed by atoms with Crippen molar-refractivity contribution < 1.29 is 39.6 Å². The Morgan fingerprint density at radius 1 is 0.274 bits per heavy atom. The molecule has 0 fully saturated rings. The highest BCUT2D eigenvalue weighted by atomic mass is 16.4. The summed E-state index contributed by atoms with van der Waals surface area (Å²) in [6, 6.07) is 54.6. The Labute approximate surface area is 354 Å². The van der Waals surface area contributed by atoms with Gasteiger partial charge < -0.3 is 20.4 Å². The lowest BCUT2D eigenvalue weighted by Gasteiger charge is -2.21. The second kappa shape index (κ2) is 15.9. The van der Waals surface area contributed by atoms with Gasteiger partial charge in [0.2, 0.25) is 0 Å². The molecule has 0 radical (unpaired) electrons. The SMILES string of the molecule is O=C(O)c1ccc(-c2cccc(-c3ccc(C(=O)O)c(-c4c5ccccc5c(-c5cc(-c6cccc(-c7ccc(C(=O)O)cc7)c6)ccc5C(=O)O)c5ccccc45)c3)c2)cc1. The molecule has 0 aliphatic rings. The number of rotatable bonds is 10. The second-order valence-corrected chi connectivity index (χ2v) is 14.9. The maximum Gasteiger partial charge on any atom is 0.336 e. The van der Waals surface area contributed by atoms with Crippen molar-refractivity contribution in [3.05, 3.63) is 204 Å². The van der Waals surface area contributed by atoms with Crippen LogP contribution in [0, 0.1) is 0 Å². The number of hydrogen-bond acceptors (Lipinski definition) is 4. The van der Waals surface area contributed by atoms with E-state index in [0.29, 0.717) is 22.3 Å². The normalized spacial score (nSPS) is 11.1. The van der Waals surface area contributed by atoms with E-state index in [4.69, 9.17) is 0 Å². The summed E-state index contributed by atoms with van der Waals surface area (Å²) >= 11 is 0. The van der Waals surface area contributed by atoms with Gasteiger partial charge in [0.25, 0.3) is 0 Å². The van der Waals surface area contributed by atoms with Crippen LogP contribution in [0.1, 0.15) is 41.4 Å². The van der Waals surface area contributed by atoms with Gasteiger partial charge in [0.1, 0.15) is 0 Å². The van der Waals surface area contributed by atoms with Crippen LogP contribution in [-0.4, -0.2) is 44.3 Å². The van der Waals surface area contributed by atoms with Crippen LogP contribution in [0.2, 0.25) is 0 Å². The second-order valence-electron chi connectivity index (χ2n) is 14.9. The van der Waals surface area contributed by atoms with E-state index in [1.165, 1.54) is 0 Å². The summed E-state index contributed by atoms with van der Waals surface area (Å²) in [4.78, 5) is 49.0. The molecule has 0 saturated heterocycles.